The van der Waals surface area contributed by atoms with Gasteiger partial charge in [-0.25, -0.2) is 0 Å². The molecule has 16 heavy (non-hydrogen) atoms. The van der Waals surface area contributed by atoms with E-state index in [2.05, 4.69) is 24.3 Å². The lowest BCUT2D eigenvalue weighted by atomic mass is 10.0. The third-order valence-electron chi connectivity index (χ3n) is 2.45. The van der Waals surface area contributed by atoms with Gasteiger partial charge >= 0.3 is 0 Å². The first-order valence-corrected chi connectivity index (χ1v) is 5.81. The first-order chi connectivity index (χ1) is 7.51. The van der Waals surface area contributed by atoms with E-state index in [-0.39, 0.29) is 11.9 Å². The average molecular weight is 231 g/mol. The highest BCUT2D eigenvalue weighted by Gasteiger charge is 2.16. The molecule has 0 heterocycles. The van der Waals surface area contributed by atoms with Crippen LogP contribution in [0.3, 0.4) is 0 Å². The van der Waals surface area contributed by atoms with Crippen molar-refractivity contribution < 1.29 is 9.94 Å². The van der Waals surface area contributed by atoms with Gasteiger partial charge in [0.2, 0.25) is 0 Å². The maximum Gasteiger partial charge on any atom is 0.140 e. The van der Waals surface area contributed by atoms with Crippen LogP contribution in [0.1, 0.15) is 34.1 Å². The van der Waals surface area contributed by atoms with Crippen molar-refractivity contribution in [3.05, 3.63) is 0 Å². The number of hydrogen-bond acceptors (Lipinski definition) is 4. The summed E-state index contributed by atoms with van der Waals surface area (Å²) in [4.78, 5) is 0. The Morgan fingerprint density at radius 2 is 2.06 bits per heavy atom. The molecule has 0 aliphatic rings. The van der Waals surface area contributed by atoms with Gasteiger partial charge in [0, 0.05) is 25.1 Å². The zero-order valence-corrected chi connectivity index (χ0v) is 10.7. The van der Waals surface area contributed by atoms with Crippen LogP contribution in [0.2, 0.25) is 0 Å². The number of rotatable bonds is 8. The van der Waals surface area contributed by atoms with Gasteiger partial charge in [-0.2, -0.15) is 0 Å². The molecule has 5 heteroatoms. The maximum absolute atomic E-state index is 8.48. The van der Waals surface area contributed by atoms with Gasteiger partial charge in [0.05, 0.1) is 6.61 Å². The molecule has 5 nitrogen and oxygen atoms in total. The van der Waals surface area contributed by atoms with Crippen molar-refractivity contribution in [3.63, 3.8) is 0 Å². The van der Waals surface area contributed by atoms with E-state index in [0.717, 1.165) is 6.61 Å². The minimum Gasteiger partial charge on any atom is -0.409 e. The summed E-state index contributed by atoms with van der Waals surface area (Å²) in [6.07, 6.45) is 0.534. The van der Waals surface area contributed by atoms with E-state index in [0.29, 0.717) is 25.0 Å². The summed E-state index contributed by atoms with van der Waals surface area (Å²) in [6.45, 7) is 9.70. The number of nitrogens with zero attached hydrogens (tertiary/aromatic N) is 1. The van der Waals surface area contributed by atoms with Crippen LogP contribution in [-0.2, 0) is 4.74 Å². The monoisotopic (exact) mass is 231 g/mol. The largest absolute Gasteiger partial charge is 0.409 e. The van der Waals surface area contributed by atoms with Crippen molar-refractivity contribution >= 4 is 5.84 Å². The predicted octanol–water partition coefficient (Wildman–Crippen LogP) is 1.16. The Bertz CT molecular complexity index is 207. The maximum atomic E-state index is 8.48. The second kappa shape index (κ2) is 8.35. The fourth-order valence-corrected chi connectivity index (χ4v) is 1.46. The molecule has 2 unspecified atom stereocenters. The summed E-state index contributed by atoms with van der Waals surface area (Å²) in [5.74, 6) is 0.736. The molecular formula is C11H25N3O2. The molecule has 0 amide bonds. The first kappa shape index (κ1) is 15.2. The Labute approximate surface area is 98.0 Å². The van der Waals surface area contributed by atoms with Crippen molar-refractivity contribution in [1.82, 2.24) is 5.32 Å². The number of hydrogen-bond donors (Lipinski definition) is 3. The smallest absolute Gasteiger partial charge is 0.140 e. The van der Waals surface area contributed by atoms with Crippen LogP contribution >= 0.6 is 0 Å². The molecule has 0 saturated carbocycles. The molecule has 0 aromatic heterocycles. The second-order valence-electron chi connectivity index (χ2n) is 4.37. The van der Waals surface area contributed by atoms with E-state index in [1.165, 1.54) is 0 Å². The Balaban J connectivity index is 4.07. The van der Waals surface area contributed by atoms with Crippen LogP contribution in [0.5, 0.6) is 0 Å². The third-order valence-corrected chi connectivity index (χ3v) is 2.45. The van der Waals surface area contributed by atoms with Crippen molar-refractivity contribution in [2.45, 2.75) is 46.2 Å². The molecule has 0 saturated heterocycles. The zero-order chi connectivity index (χ0) is 12.6. The van der Waals surface area contributed by atoms with Gasteiger partial charge in [0.25, 0.3) is 0 Å². The highest BCUT2D eigenvalue weighted by Crippen LogP contribution is 2.05. The van der Waals surface area contributed by atoms with Crippen molar-refractivity contribution in [3.8, 4) is 0 Å². The topological polar surface area (TPSA) is 79.9 Å². The molecule has 0 aliphatic carbocycles. The van der Waals surface area contributed by atoms with Gasteiger partial charge in [0.1, 0.15) is 5.84 Å². The lowest BCUT2D eigenvalue weighted by Gasteiger charge is -2.26. The van der Waals surface area contributed by atoms with Crippen LogP contribution in [0.15, 0.2) is 5.16 Å². The van der Waals surface area contributed by atoms with E-state index in [4.69, 9.17) is 15.7 Å². The summed E-state index contributed by atoms with van der Waals surface area (Å²) in [5.41, 5.74) is 5.45. The second-order valence-corrected chi connectivity index (χ2v) is 4.37. The summed E-state index contributed by atoms with van der Waals surface area (Å²) in [5, 5.41) is 14.9. The van der Waals surface area contributed by atoms with Gasteiger partial charge in [-0.15, -0.1) is 0 Å². The van der Waals surface area contributed by atoms with Crippen LogP contribution in [0, 0.1) is 5.92 Å². The zero-order valence-electron chi connectivity index (χ0n) is 10.7. The molecule has 0 aromatic carbocycles. The molecule has 0 aliphatic heterocycles. The Kier molecular flexibility index (Phi) is 7.93. The number of ether oxygens (including phenoxy) is 1. The van der Waals surface area contributed by atoms with Crippen LogP contribution in [0.25, 0.3) is 0 Å². The van der Waals surface area contributed by atoms with E-state index in [1.807, 2.05) is 13.8 Å². The third kappa shape index (κ3) is 6.63. The van der Waals surface area contributed by atoms with E-state index in [1.54, 1.807) is 0 Å². The van der Waals surface area contributed by atoms with Gasteiger partial charge in [-0.1, -0.05) is 19.0 Å². The first-order valence-electron chi connectivity index (χ1n) is 5.81. The van der Waals surface area contributed by atoms with Crippen LogP contribution < -0.4 is 11.1 Å². The van der Waals surface area contributed by atoms with E-state index >= 15 is 0 Å². The summed E-state index contributed by atoms with van der Waals surface area (Å²) >= 11 is 0. The van der Waals surface area contributed by atoms with Crippen molar-refractivity contribution in [2.24, 2.45) is 16.8 Å². The molecule has 4 N–H and O–H groups in total. The molecule has 96 valence electrons. The standard InChI is InChI=1S/C11H25N3O2/c1-5-16-7-10(8(2)3)13-9(4)6-11(12)14-15/h8-10,13,15H,5-7H2,1-4H3,(H2,12,14). The minimum atomic E-state index is 0.170. The highest BCUT2D eigenvalue weighted by atomic mass is 16.5. The Morgan fingerprint density at radius 1 is 1.44 bits per heavy atom. The lowest BCUT2D eigenvalue weighted by molar-refractivity contribution is 0.104. The molecule has 0 bridgehead atoms. The normalized spacial score (nSPS) is 16.4. The van der Waals surface area contributed by atoms with Gasteiger partial charge in [-0.05, 0) is 19.8 Å². The molecule has 0 spiro atoms. The highest BCUT2D eigenvalue weighted by molar-refractivity contribution is 5.80. The van der Waals surface area contributed by atoms with E-state index in [9.17, 15) is 0 Å². The van der Waals surface area contributed by atoms with Crippen molar-refractivity contribution in [1.29, 1.82) is 0 Å². The van der Waals surface area contributed by atoms with E-state index < -0.39 is 0 Å². The molecule has 0 aromatic rings. The quantitative estimate of drug-likeness (QED) is 0.253. The number of nitrogens with two attached hydrogens (primary N) is 1. The molecular weight excluding hydrogens is 206 g/mol. The Morgan fingerprint density at radius 3 is 2.50 bits per heavy atom. The van der Waals surface area contributed by atoms with Gasteiger partial charge in [0.15, 0.2) is 0 Å². The Hall–Kier alpha value is -0.810. The minimum absolute atomic E-state index is 0.170. The molecule has 0 rings (SSSR count). The SMILES string of the molecule is CCOCC(NC(C)CC(N)=NO)C(C)C. The summed E-state index contributed by atoms with van der Waals surface area (Å²) in [6, 6.07) is 0.463. The summed E-state index contributed by atoms with van der Waals surface area (Å²) in [7, 11) is 0. The van der Waals surface area contributed by atoms with Crippen LogP contribution in [-0.4, -0.2) is 36.3 Å². The number of amidine groups is 1. The average Bonchev–Trinajstić information content (AvgIpc) is 2.23. The van der Waals surface area contributed by atoms with Crippen molar-refractivity contribution in [2.75, 3.05) is 13.2 Å². The van der Waals surface area contributed by atoms with Gasteiger partial charge < -0.3 is 21.0 Å². The van der Waals surface area contributed by atoms with Crippen LogP contribution in [0.4, 0.5) is 0 Å². The molecule has 0 fully saturated rings. The number of oxime groups is 1. The lowest BCUT2D eigenvalue weighted by Crippen LogP contribution is -2.44. The summed E-state index contributed by atoms with van der Waals surface area (Å²) < 4.78 is 5.42. The fourth-order valence-electron chi connectivity index (χ4n) is 1.46. The molecule has 2 atom stereocenters. The van der Waals surface area contributed by atoms with Gasteiger partial charge in [-0.3, -0.25) is 0 Å². The molecule has 0 radical (unpaired) electrons. The number of nitrogens with one attached hydrogen (secondary N) is 1. The fraction of sp³-hybridized carbons (Fsp3) is 0.909. The predicted molar refractivity (Wildman–Crippen MR) is 65.7 cm³/mol.